The minimum atomic E-state index is -1.01. The normalized spacial score (nSPS) is 12.1. The van der Waals surface area contributed by atoms with Gasteiger partial charge in [-0.15, -0.1) is 0 Å². The van der Waals surface area contributed by atoms with Gasteiger partial charge in [0.2, 0.25) is 0 Å². The fraction of sp³-hybridized carbons (Fsp3) is 0.190. The molecule has 0 aliphatic heterocycles. The summed E-state index contributed by atoms with van der Waals surface area (Å²) in [6, 6.07) is 11.7. The van der Waals surface area contributed by atoms with Crippen LogP contribution in [0.5, 0.6) is 5.75 Å². The summed E-state index contributed by atoms with van der Waals surface area (Å²) in [4.78, 5) is 26.9. The highest BCUT2D eigenvalue weighted by atomic mass is 35.5. The standard InChI is InChI=1S/C21H19ClN4O6/c1-26-16(7-11-3-2-4-17(18(11)26)31-10-13(28)9-27)20(29)23-15-6-5-12(22)8-14(15)19-24-21(30)32-25-19/h2-8,13,27-28H,9-10H2,1H3,(H,23,29)(H,24,25,30)/t13-/m0/s1. The first-order chi connectivity index (χ1) is 15.4. The van der Waals surface area contributed by atoms with Crippen LogP contribution in [0.1, 0.15) is 10.5 Å². The molecule has 4 rings (SSSR count). The van der Waals surface area contributed by atoms with Gasteiger partial charge in [-0.25, -0.2) is 4.79 Å². The Morgan fingerprint density at radius 3 is 2.88 bits per heavy atom. The van der Waals surface area contributed by atoms with Crippen LogP contribution in [-0.2, 0) is 7.05 Å². The molecule has 0 aliphatic carbocycles. The molecular formula is C21H19ClN4O6. The number of fused-ring (bicyclic) bond motifs is 1. The summed E-state index contributed by atoms with van der Waals surface area (Å²) >= 11 is 6.07. The number of nitrogens with one attached hydrogen (secondary N) is 2. The van der Waals surface area contributed by atoms with Crippen molar-refractivity contribution in [3.63, 3.8) is 0 Å². The highest BCUT2D eigenvalue weighted by molar-refractivity contribution is 6.31. The molecule has 0 radical (unpaired) electrons. The molecule has 0 saturated carbocycles. The van der Waals surface area contributed by atoms with Gasteiger partial charge in [-0.2, -0.15) is 0 Å². The van der Waals surface area contributed by atoms with Gasteiger partial charge >= 0.3 is 5.76 Å². The number of rotatable bonds is 7. The van der Waals surface area contributed by atoms with E-state index in [4.69, 9.17) is 21.4 Å². The number of aromatic nitrogens is 3. The van der Waals surface area contributed by atoms with E-state index in [1.54, 1.807) is 48.0 Å². The van der Waals surface area contributed by atoms with Gasteiger partial charge in [-0.3, -0.25) is 14.3 Å². The maximum atomic E-state index is 13.1. The van der Waals surface area contributed by atoms with Crippen LogP contribution in [-0.4, -0.2) is 50.1 Å². The molecule has 166 valence electrons. The molecule has 0 fully saturated rings. The van der Waals surface area contributed by atoms with Crippen molar-refractivity contribution >= 4 is 34.1 Å². The maximum absolute atomic E-state index is 13.1. The lowest BCUT2D eigenvalue weighted by molar-refractivity contribution is 0.0540. The summed E-state index contributed by atoms with van der Waals surface area (Å²) in [5.41, 5.74) is 1.75. The van der Waals surface area contributed by atoms with Crippen LogP contribution in [0.2, 0.25) is 5.02 Å². The molecule has 2 heterocycles. The largest absolute Gasteiger partial charge is 0.489 e. The number of carbonyl (C=O) groups is 1. The molecule has 4 aromatic rings. The van der Waals surface area contributed by atoms with E-state index in [9.17, 15) is 14.7 Å². The van der Waals surface area contributed by atoms with Gasteiger partial charge in [0.1, 0.15) is 24.2 Å². The molecule has 0 unspecified atom stereocenters. The van der Waals surface area contributed by atoms with Gasteiger partial charge in [0.15, 0.2) is 5.82 Å². The predicted molar refractivity (Wildman–Crippen MR) is 117 cm³/mol. The predicted octanol–water partition coefficient (Wildman–Crippen LogP) is 2.16. The fourth-order valence-corrected chi connectivity index (χ4v) is 3.48. The number of hydrogen-bond acceptors (Lipinski definition) is 7. The third-order valence-corrected chi connectivity index (χ3v) is 5.05. The Hall–Kier alpha value is -3.60. The second kappa shape index (κ2) is 8.87. The Morgan fingerprint density at radius 2 is 2.16 bits per heavy atom. The van der Waals surface area contributed by atoms with Crippen molar-refractivity contribution in [3.05, 3.63) is 63.7 Å². The number of para-hydroxylation sites is 1. The molecule has 11 heteroatoms. The minimum absolute atomic E-state index is 0.0909. The first-order valence-corrected chi connectivity index (χ1v) is 9.92. The molecule has 32 heavy (non-hydrogen) atoms. The van der Waals surface area contributed by atoms with Crippen molar-refractivity contribution in [1.82, 2.24) is 14.7 Å². The van der Waals surface area contributed by atoms with Crippen LogP contribution < -0.4 is 15.8 Å². The number of benzene rings is 2. The molecule has 1 atom stereocenters. The lowest BCUT2D eigenvalue weighted by Gasteiger charge is -2.13. The van der Waals surface area contributed by atoms with E-state index in [-0.39, 0.29) is 12.4 Å². The van der Waals surface area contributed by atoms with Crippen LogP contribution in [0.25, 0.3) is 22.3 Å². The molecule has 0 bridgehead atoms. The Bertz CT molecular complexity index is 1340. The summed E-state index contributed by atoms with van der Waals surface area (Å²) in [6.07, 6.45) is -1.01. The number of aliphatic hydroxyl groups is 2. The molecule has 0 aliphatic rings. The van der Waals surface area contributed by atoms with Crippen LogP contribution in [0.4, 0.5) is 5.69 Å². The van der Waals surface area contributed by atoms with Gasteiger partial charge in [0.05, 0.1) is 17.8 Å². The van der Waals surface area contributed by atoms with Crippen molar-refractivity contribution < 1.29 is 24.3 Å². The van der Waals surface area contributed by atoms with Crippen LogP contribution in [0, 0.1) is 0 Å². The number of aromatic amines is 1. The smallest absolute Gasteiger partial charge is 0.439 e. The van der Waals surface area contributed by atoms with E-state index in [1.807, 2.05) is 6.07 Å². The van der Waals surface area contributed by atoms with Crippen molar-refractivity contribution in [2.24, 2.45) is 7.05 Å². The summed E-state index contributed by atoms with van der Waals surface area (Å²) in [5, 5.41) is 26.2. The van der Waals surface area contributed by atoms with Crippen molar-refractivity contribution in [2.75, 3.05) is 18.5 Å². The first-order valence-electron chi connectivity index (χ1n) is 9.55. The topological polar surface area (TPSA) is 143 Å². The number of hydrogen-bond donors (Lipinski definition) is 4. The quantitative estimate of drug-likeness (QED) is 0.332. The minimum Gasteiger partial charge on any atom is -0.489 e. The van der Waals surface area contributed by atoms with Crippen molar-refractivity contribution in [1.29, 1.82) is 0 Å². The lowest BCUT2D eigenvalue weighted by atomic mass is 10.1. The fourth-order valence-electron chi connectivity index (χ4n) is 3.31. The number of anilines is 1. The second-order valence-corrected chi connectivity index (χ2v) is 7.45. The number of ether oxygens (including phenoxy) is 1. The Balaban J connectivity index is 1.67. The molecule has 10 nitrogen and oxygen atoms in total. The molecule has 2 aromatic carbocycles. The summed E-state index contributed by atoms with van der Waals surface area (Å²) in [6.45, 7) is -0.511. The van der Waals surface area contributed by atoms with E-state index in [1.165, 1.54) is 0 Å². The number of H-pyrrole nitrogens is 1. The molecule has 2 aromatic heterocycles. The number of halogens is 1. The van der Waals surface area contributed by atoms with Gasteiger partial charge in [0.25, 0.3) is 5.91 Å². The summed E-state index contributed by atoms with van der Waals surface area (Å²) < 4.78 is 11.8. The van der Waals surface area contributed by atoms with E-state index in [0.29, 0.717) is 33.2 Å². The monoisotopic (exact) mass is 458 g/mol. The van der Waals surface area contributed by atoms with Gasteiger partial charge < -0.3 is 24.8 Å². The summed E-state index contributed by atoms with van der Waals surface area (Å²) in [5.74, 6) is -0.559. The van der Waals surface area contributed by atoms with Crippen LogP contribution >= 0.6 is 11.6 Å². The Morgan fingerprint density at radius 1 is 1.34 bits per heavy atom. The third kappa shape index (κ3) is 4.24. The Labute approximate surface area is 186 Å². The van der Waals surface area contributed by atoms with E-state index >= 15 is 0 Å². The number of amides is 1. The highest BCUT2D eigenvalue weighted by Crippen LogP contribution is 2.31. The zero-order chi connectivity index (χ0) is 22.8. The van der Waals surface area contributed by atoms with Crippen molar-refractivity contribution in [3.8, 4) is 17.1 Å². The number of aliphatic hydroxyl groups excluding tert-OH is 2. The number of nitrogens with zero attached hydrogens (tertiary/aromatic N) is 2. The SMILES string of the molecule is Cn1c(C(=O)Nc2ccc(Cl)cc2-c2noc(=O)[nH]2)cc2cccc(OC[C@@H](O)CO)c21. The zero-order valence-electron chi connectivity index (χ0n) is 16.8. The maximum Gasteiger partial charge on any atom is 0.439 e. The van der Waals surface area contributed by atoms with E-state index in [2.05, 4.69) is 20.0 Å². The van der Waals surface area contributed by atoms with Crippen LogP contribution in [0.15, 0.2) is 51.8 Å². The molecule has 0 saturated heterocycles. The summed E-state index contributed by atoms with van der Waals surface area (Å²) in [7, 11) is 1.71. The van der Waals surface area contributed by atoms with Gasteiger partial charge in [0, 0.05) is 23.0 Å². The van der Waals surface area contributed by atoms with E-state index in [0.717, 1.165) is 5.39 Å². The second-order valence-electron chi connectivity index (χ2n) is 7.02. The first kappa shape index (κ1) is 21.6. The number of carbonyl (C=O) groups excluding carboxylic acids is 1. The zero-order valence-corrected chi connectivity index (χ0v) is 17.6. The highest BCUT2D eigenvalue weighted by Gasteiger charge is 2.19. The van der Waals surface area contributed by atoms with E-state index < -0.39 is 24.4 Å². The Kier molecular flexibility index (Phi) is 5.99. The average molecular weight is 459 g/mol. The molecule has 0 spiro atoms. The van der Waals surface area contributed by atoms with Crippen molar-refractivity contribution in [2.45, 2.75) is 6.10 Å². The lowest BCUT2D eigenvalue weighted by Crippen LogP contribution is -2.21. The number of aryl methyl sites for hydroxylation is 1. The average Bonchev–Trinajstić information content (AvgIpc) is 3.36. The third-order valence-electron chi connectivity index (χ3n) is 4.82. The molecular weight excluding hydrogens is 440 g/mol. The van der Waals surface area contributed by atoms with Crippen LogP contribution in [0.3, 0.4) is 0 Å². The molecule has 4 N–H and O–H groups in total. The molecule has 1 amide bonds. The van der Waals surface area contributed by atoms with Gasteiger partial charge in [-0.05, 0) is 30.3 Å². The van der Waals surface area contributed by atoms with Gasteiger partial charge in [-0.1, -0.05) is 28.9 Å².